The summed E-state index contributed by atoms with van der Waals surface area (Å²) in [4.78, 5) is 14.2. The van der Waals surface area contributed by atoms with E-state index in [1.807, 2.05) is 31.1 Å². The molecule has 1 atom stereocenters. The molecule has 0 heterocycles. The van der Waals surface area contributed by atoms with Gasteiger partial charge in [0.1, 0.15) is 0 Å². The van der Waals surface area contributed by atoms with E-state index in [0.29, 0.717) is 12.1 Å². The normalized spacial score (nSPS) is 12.9. The molecule has 1 amide bonds. The summed E-state index contributed by atoms with van der Waals surface area (Å²) < 4.78 is 38.4. The number of rotatable bonds is 7. The third-order valence-electron chi connectivity index (χ3n) is 4.51. The van der Waals surface area contributed by atoms with Crippen LogP contribution >= 0.6 is 0 Å². The van der Waals surface area contributed by atoms with Crippen molar-refractivity contribution in [2.45, 2.75) is 32.0 Å². The Kier molecular flexibility index (Phi) is 7.02. The van der Waals surface area contributed by atoms with Gasteiger partial charge in [-0.2, -0.15) is 13.2 Å². The monoisotopic (exact) mass is 378 g/mol. The molecule has 0 spiro atoms. The van der Waals surface area contributed by atoms with Crippen LogP contribution in [0.15, 0.2) is 48.5 Å². The van der Waals surface area contributed by atoms with Gasteiger partial charge in [0.15, 0.2) is 0 Å². The lowest BCUT2D eigenvalue weighted by Crippen LogP contribution is -2.35. The van der Waals surface area contributed by atoms with E-state index in [-0.39, 0.29) is 18.4 Å². The number of amides is 1. The third kappa shape index (κ3) is 6.10. The van der Waals surface area contributed by atoms with E-state index in [2.05, 4.69) is 24.4 Å². The summed E-state index contributed by atoms with van der Waals surface area (Å²) >= 11 is 0. The minimum Gasteiger partial charge on any atom is -0.354 e. The maximum Gasteiger partial charge on any atom is 0.416 e. The summed E-state index contributed by atoms with van der Waals surface area (Å²) in [6, 6.07) is 13.1. The molecule has 3 nitrogen and oxygen atoms in total. The van der Waals surface area contributed by atoms with Crippen LogP contribution in [0, 0.1) is 0 Å². The Hall–Kier alpha value is -2.34. The first-order valence-electron chi connectivity index (χ1n) is 8.88. The van der Waals surface area contributed by atoms with Crippen molar-refractivity contribution in [1.82, 2.24) is 10.2 Å². The summed E-state index contributed by atoms with van der Waals surface area (Å²) in [5, 5.41) is 2.84. The highest BCUT2D eigenvalue weighted by molar-refractivity contribution is 5.78. The smallest absolute Gasteiger partial charge is 0.354 e. The number of carbonyl (C=O) groups excluding carboxylic acids is 1. The molecule has 6 heteroatoms. The number of hydrogen-bond acceptors (Lipinski definition) is 2. The van der Waals surface area contributed by atoms with Crippen LogP contribution in [-0.4, -0.2) is 31.4 Å². The van der Waals surface area contributed by atoms with Crippen molar-refractivity contribution in [3.63, 3.8) is 0 Å². The number of hydrogen-bond donors (Lipinski definition) is 1. The van der Waals surface area contributed by atoms with Crippen LogP contribution in [0.25, 0.3) is 0 Å². The molecule has 27 heavy (non-hydrogen) atoms. The first kappa shape index (κ1) is 21.0. The van der Waals surface area contributed by atoms with Crippen LogP contribution in [-0.2, 0) is 23.8 Å². The molecular formula is C21H25F3N2O. The van der Waals surface area contributed by atoms with Crippen LogP contribution in [0.5, 0.6) is 0 Å². The zero-order valence-corrected chi connectivity index (χ0v) is 15.8. The van der Waals surface area contributed by atoms with Crippen molar-refractivity contribution in [2.75, 3.05) is 20.6 Å². The summed E-state index contributed by atoms with van der Waals surface area (Å²) in [6.07, 6.45) is -3.54. The number of alkyl halides is 3. The molecule has 0 aliphatic heterocycles. The van der Waals surface area contributed by atoms with Crippen molar-refractivity contribution in [3.05, 3.63) is 70.8 Å². The molecule has 0 saturated carbocycles. The first-order chi connectivity index (χ1) is 12.7. The van der Waals surface area contributed by atoms with Crippen molar-refractivity contribution < 1.29 is 18.0 Å². The molecule has 0 bridgehead atoms. The molecule has 0 radical (unpaired) electrons. The second kappa shape index (κ2) is 9.04. The number of nitrogens with zero attached hydrogens (tertiary/aromatic N) is 1. The van der Waals surface area contributed by atoms with Crippen LogP contribution in [0.4, 0.5) is 13.2 Å². The van der Waals surface area contributed by atoms with Crippen molar-refractivity contribution in [1.29, 1.82) is 0 Å². The van der Waals surface area contributed by atoms with E-state index in [1.54, 1.807) is 0 Å². The minimum absolute atomic E-state index is 0.0126. The maximum atomic E-state index is 12.8. The fraction of sp³-hybridized carbons (Fsp3) is 0.381. The quantitative estimate of drug-likeness (QED) is 0.782. The van der Waals surface area contributed by atoms with Gasteiger partial charge < -0.3 is 10.2 Å². The SMILES string of the molecule is CCc1ccc([C@H](CNC(=O)Cc2cccc(C(F)(F)F)c2)N(C)C)cc1. The van der Waals surface area contributed by atoms with Gasteiger partial charge in [0.2, 0.25) is 5.91 Å². The number of benzene rings is 2. The van der Waals surface area contributed by atoms with Gasteiger partial charge in [0.25, 0.3) is 0 Å². The van der Waals surface area contributed by atoms with E-state index >= 15 is 0 Å². The summed E-state index contributed by atoms with van der Waals surface area (Å²) in [5.74, 6) is -0.300. The van der Waals surface area contributed by atoms with Crippen molar-refractivity contribution in [3.8, 4) is 0 Å². The lowest BCUT2D eigenvalue weighted by Gasteiger charge is -2.25. The van der Waals surface area contributed by atoms with Gasteiger partial charge in [-0.3, -0.25) is 4.79 Å². The van der Waals surface area contributed by atoms with Crippen molar-refractivity contribution >= 4 is 5.91 Å². The van der Waals surface area contributed by atoms with Crippen LogP contribution in [0.1, 0.15) is 35.2 Å². The third-order valence-corrected chi connectivity index (χ3v) is 4.51. The molecule has 2 aromatic rings. The first-order valence-corrected chi connectivity index (χ1v) is 8.88. The van der Waals surface area contributed by atoms with Gasteiger partial charge >= 0.3 is 6.18 Å². The van der Waals surface area contributed by atoms with Crippen LogP contribution in [0.2, 0.25) is 0 Å². The van der Waals surface area contributed by atoms with E-state index in [4.69, 9.17) is 0 Å². The lowest BCUT2D eigenvalue weighted by molar-refractivity contribution is -0.137. The Morgan fingerprint density at radius 1 is 1.07 bits per heavy atom. The average Bonchev–Trinajstić information content (AvgIpc) is 2.61. The van der Waals surface area contributed by atoms with Crippen LogP contribution < -0.4 is 5.32 Å². The molecule has 2 aromatic carbocycles. The fourth-order valence-corrected chi connectivity index (χ4v) is 2.89. The number of aryl methyl sites for hydroxylation is 1. The van der Waals surface area contributed by atoms with E-state index in [0.717, 1.165) is 24.1 Å². The number of carbonyl (C=O) groups is 1. The Labute approximate surface area is 158 Å². The highest BCUT2D eigenvalue weighted by atomic mass is 19.4. The summed E-state index contributed by atoms with van der Waals surface area (Å²) in [7, 11) is 3.86. The fourth-order valence-electron chi connectivity index (χ4n) is 2.89. The van der Waals surface area contributed by atoms with Gasteiger partial charge in [-0.1, -0.05) is 49.4 Å². The second-order valence-corrected chi connectivity index (χ2v) is 6.75. The molecule has 146 valence electrons. The molecule has 0 aliphatic rings. The number of halogens is 3. The predicted octanol–water partition coefficient (Wildman–Crippen LogP) is 4.23. The van der Waals surface area contributed by atoms with Gasteiger partial charge in [-0.05, 0) is 43.3 Å². The van der Waals surface area contributed by atoms with E-state index in [1.165, 1.54) is 17.7 Å². The molecule has 0 aromatic heterocycles. The molecular weight excluding hydrogens is 353 g/mol. The Morgan fingerprint density at radius 3 is 2.30 bits per heavy atom. The number of nitrogens with one attached hydrogen (secondary N) is 1. The molecule has 1 N–H and O–H groups in total. The zero-order chi connectivity index (χ0) is 20.0. The summed E-state index contributed by atoms with van der Waals surface area (Å²) in [5.41, 5.74) is 1.92. The second-order valence-electron chi connectivity index (χ2n) is 6.75. The van der Waals surface area contributed by atoms with Gasteiger partial charge in [-0.15, -0.1) is 0 Å². The molecule has 2 rings (SSSR count). The molecule has 0 unspecified atom stereocenters. The van der Waals surface area contributed by atoms with Gasteiger partial charge in [0.05, 0.1) is 18.0 Å². The Balaban J connectivity index is 1.99. The van der Waals surface area contributed by atoms with E-state index < -0.39 is 11.7 Å². The largest absolute Gasteiger partial charge is 0.416 e. The predicted molar refractivity (Wildman–Crippen MR) is 100 cm³/mol. The number of likely N-dealkylation sites (N-methyl/N-ethyl adjacent to an activating group) is 1. The zero-order valence-electron chi connectivity index (χ0n) is 15.8. The van der Waals surface area contributed by atoms with Gasteiger partial charge in [0, 0.05) is 6.54 Å². The minimum atomic E-state index is -4.41. The maximum absolute atomic E-state index is 12.8. The highest BCUT2D eigenvalue weighted by Crippen LogP contribution is 2.29. The molecule has 0 fully saturated rings. The topological polar surface area (TPSA) is 32.3 Å². The summed E-state index contributed by atoms with van der Waals surface area (Å²) in [6.45, 7) is 2.47. The van der Waals surface area contributed by atoms with Gasteiger partial charge in [-0.25, -0.2) is 0 Å². The highest BCUT2D eigenvalue weighted by Gasteiger charge is 2.30. The van der Waals surface area contributed by atoms with Crippen LogP contribution in [0.3, 0.4) is 0 Å². The Morgan fingerprint density at radius 2 is 1.74 bits per heavy atom. The standard InChI is InChI=1S/C21H25F3N2O/c1-4-15-8-10-17(11-9-15)19(26(2)3)14-25-20(27)13-16-6-5-7-18(12-16)21(22,23)24/h5-12,19H,4,13-14H2,1-3H3,(H,25,27)/t19-/m0/s1. The average molecular weight is 378 g/mol. The Bertz CT molecular complexity index is 755. The van der Waals surface area contributed by atoms with E-state index in [9.17, 15) is 18.0 Å². The van der Waals surface area contributed by atoms with Crippen molar-refractivity contribution in [2.24, 2.45) is 0 Å². The molecule has 0 saturated heterocycles. The lowest BCUT2D eigenvalue weighted by atomic mass is 10.0. The molecule has 0 aliphatic carbocycles.